The van der Waals surface area contributed by atoms with E-state index < -0.39 is 6.10 Å². The van der Waals surface area contributed by atoms with Crippen LogP contribution in [0.3, 0.4) is 0 Å². The van der Waals surface area contributed by atoms with Gasteiger partial charge in [0.05, 0.1) is 18.8 Å². The van der Waals surface area contributed by atoms with Crippen LogP contribution in [0.5, 0.6) is 5.75 Å². The zero-order valence-electron chi connectivity index (χ0n) is 10.2. The molecule has 1 aliphatic rings. The molecule has 0 aliphatic carbocycles. The van der Waals surface area contributed by atoms with Crippen molar-refractivity contribution in [2.24, 2.45) is 0 Å². The summed E-state index contributed by atoms with van der Waals surface area (Å²) in [5, 5.41) is 10.1. The predicted octanol–water partition coefficient (Wildman–Crippen LogP) is 1.95. The van der Waals surface area contributed by atoms with Gasteiger partial charge in [-0.1, -0.05) is 11.6 Å². The Hall–Kier alpha value is -1.26. The number of likely N-dealkylation sites (tertiary alicyclic amines) is 1. The van der Waals surface area contributed by atoms with Crippen LogP contribution in [-0.4, -0.2) is 42.2 Å². The number of amides is 1. The molecule has 0 aromatic heterocycles. The molecule has 5 heteroatoms. The molecule has 0 radical (unpaired) electrons. The molecule has 1 atom stereocenters. The largest absolute Gasteiger partial charge is 0.496 e. The average molecular weight is 270 g/mol. The van der Waals surface area contributed by atoms with Gasteiger partial charge in [0, 0.05) is 18.1 Å². The van der Waals surface area contributed by atoms with E-state index in [-0.39, 0.29) is 5.91 Å². The van der Waals surface area contributed by atoms with E-state index in [4.69, 9.17) is 16.3 Å². The van der Waals surface area contributed by atoms with Gasteiger partial charge in [0.2, 0.25) is 0 Å². The Kier molecular flexibility index (Phi) is 4.09. The number of β-amino-alcohol motifs (C(OH)–C–C–N with tert-alkyl or cyclic N) is 1. The predicted molar refractivity (Wildman–Crippen MR) is 69.1 cm³/mol. The number of aliphatic hydroxyl groups is 1. The molecule has 1 amide bonds. The number of carbonyl (C=O) groups excluding carboxylic acids is 1. The number of aliphatic hydroxyl groups excluding tert-OH is 1. The molecule has 0 bridgehead atoms. The summed E-state index contributed by atoms with van der Waals surface area (Å²) in [5.41, 5.74) is 0.444. The molecule has 1 aromatic rings. The van der Waals surface area contributed by atoms with Crippen LogP contribution < -0.4 is 4.74 Å². The van der Waals surface area contributed by atoms with Gasteiger partial charge in [0.25, 0.3) is 5.91 Å². The lowest BCUT2D eigenvalue weighted by Gasteiger charge is -2.30. The summed E-state index contributed by atoms with van der Waals surface area (Å²) in [5.74, 6) is 0.359. The van der Waals surface area contributed by atoms with Gasteiger partial charge in [-0.3, -0.25) is 4.79 Å². The summed E-state index contributed by atoms with van der Waals surface area (Å²) in [6.07, 6.45) is 1.12. The molecule has 0 saturated carbocycles. The molecule has 0 unspecified atom stereocenters. The van der Waals surface area contributed by atoms with E-state index >= 15 is 0 Å². The number of nitrogens with zero attached hydrogens (tertiary/aromatic N) is 1. The molecule has 0 spiro atoms. The summed E-state index contributed by atoms with van der Waals surface area (Å²) in [4.78, 5) is 14.0. The zero-order valence-corrected chi connectivity index (χ0v) is 11.0. The highest BCUT2D eigenvalue weighted by atomic mass is 35.5. The third kappa shape index (κ3) is 2.76. The number of methoxy groups -OCH3 is 1. The van der Waals surface area contributed by atoms with Crippen LogP contribution in [0.2, 0.25) is 5.02 Å². The number of rotatable bonds is 2. The molecule has 98 valence electrons. The van der Waals surface area contributed by atoms with Crippen molar-refractivity contribution in [1.29, 1.82) is 0 Å². The maximum absolute atomic E-state index is 12.4. The van der Waals surface area contributed by atoms with E-state index in [1.807, 2.05) is 0 Å². The van der Waals surface area contributed by atoms with Crippen molar-refractivity contribution in [3.63, 3.8) is 0 Å². The quantitative estimate of drug-likeness (QED) is 0.893. The van der Waals surface area contributed by atoms with Crippen molar-refractivity contribution >= 4 is 17.5 Å². The molecule has 1 aliphatic heterocycles. The van der Waals surface area contributed by atoms with Gasteiger partial charge in [-0.15, -0.1) is 0 Å². The smallest absolute Gasteiger partial charge is 0.257 e. The topological polar surface area (TPSA) is 49.8 Å². The minimum atomic E-state index is -0.437. The van der Waals surface area contributed by atoms with E-state index in [9.17, 15) is 9.90 Å². The minimum absolute atomic E-state index is 0.145. The lowest BCUT2D eigenvalue weighted by Crippen LogP contribution is -2.42. The van der Waals surface area contributed by atoms with Crippen molar-refractivity contribution in [3.05, 3.63) is 28.8 Å². The minimum Gasteiger partial charge on any atom is -0.496 e. The van der Waals surface area contributed by atoms with Gasteiger partial charge >= 0.3 is 0 Å². The maximum Gasteiger partial charge on any atom is 0.257 e. The van der Waals surface area contributed by atoms with E-state index in [0.717, 1.165) is 12.8 Å². The second-order valence-corrected chi connectivity index (χ2v) is 4.83. The monoisotopic (exact) mass is 269 g/mol. The van der Waals surface area contributed by atoms with Crippen LogP contribution >= 0.6 is 11.6 Å². The molecule has 1 N–H and O–H groups in total. The first-order chi connectivity index (χ1) is 8.61. The van der Waals surface area contributed by atoms with E-state index in [1.54, 1.807) is 23.1 Å². The van der Waals surface area contributed by atoms with E-state index in [1.165, 1.54) is 7.11 Å². The lowest BCUT2D eigenvalue weighted by atomic mass is 10.1. The standard InChI is InChI=1S/C13H16ClNO3/c1-18-12-5-4-9(14)7-11(12)13(17)15-6-2-3-10(16)8-15/h4-5,7,10,16H,2-3,6,8H2,1H3/t10-/m0/s1. The Bertz CT molecular complexity index is 450. The van der Waals surface area contributed by atoms with Gasteiger partial charge in [-0.25, -0.2) is 0 Å². The first-order valence-electron chi connectivity index (χ1n) is 5.92. The third-order valence-electron chi connectivity index (χ3n) is 3.08. The lowest BCUT2D eigenvalue weighted by molar-refractivity contribution is 0.0471. The van der Waals surface area contributed by atoms with Crippen molar-refractivity contribution in [2.75, 3.05) is 20.2 Å². The highest BCUT2D eigenvalue weighted by Gasteiger charge is 2.25. The van der Waals surface area contributed by atoms with Crippen LogP contribution in [0.25, 0.3) is 0 Å². The molecule has 1 aromatic carbocycles. The molecule has 1 fully saturated rings. The van der Waals surface area contributed by atoms with E-state index in [2.05, 4.69) is 0 Å². The number of benzene rings is 1. The highest BCUT2D eigenvalue weighted by molar-refractivity contribution is 6.31. The maximum atomic E-state index is 12.4. The van der Waals surface area contributed by atoms with Crippen LogP contribution in [0.4, 0.5) is 0 Å². The molecule has 1 saturated heterocycles. The molecule has 4 nitrogen and oxygen atoms in total. The van der Waals surface area contributed by atoms with Crippen molar-refractivity contribution in [1.82, 2.24) is 4.90 Å². The fraction of sp³-hybridized carbons (Fsp3) is 0.462. The summed E-state index contributed by atoms with van der Waals surface area (Å²) < 4.78 is 5.17. The number of piperidine rings is 1. The average Bonchev–Trinajstić information content (AvgIpc) is 2.38. The molecule has 2 rings (SSSR count). The number of ether oxygens (including phenoxy) is 1. The Labute approximate surface area is 111 Å². The molecular weight excluding hydrogens is 254 g/mol. The number of halogens is 1. The Balaban J connectivity index is 2.24. The first-order valence-corrected chi connectivity index (χ1v) is 6.30. The second-order valence-electron chi connectivity index (χ2n) is 4.39. The van der Waals surface area contributed by atoms with Crippen LogP contribution in [-0.2, 0) is 0 Å². The number of hydrogen-bond donors (Lipinski definition) is 1. The Morgan fingerprint density at radius 2 is 2.33 bits per heavy atom. The summed E-state index contributed by atoms with van der Waals surface area (Å²) in [6.45, 7) is 1.03. The van der Waals surface area contributed by atoms with Crippen molar-refractivity contribution in [2.45, 2.75) is 18.9 Å². The van der Waals surface area contributed by atoms with Crippen LogP contribution in [0.1, 0.15) is 23.2 Å². The van der Waals surface area contributed by atoms with Gasteiger partial charge in [-0.2, -0.15) is 0 Å². The van der Waals surface area contributed by atoms with Crippen LogP contribution in [0, 0.1) is 0 Å². The molecule has 1 heterocycles. The third-order valence-corrected chi connectivity index (χ3v) is 3.31. The fourth-order valence-corrected chi connectivity index (χ4v) is 2.33. The van der Waals surface area contributed by atoms with E-state index in [0.29, 0.717) is 29.4 Å². The summed E-state index contributed by atoms with van der Waals surface area (Å²) in [7, 11) is 1.52. The van der Waals surface area contributed by atoms with Gasteiger partial charge < -0.3 is 14.7 Å². The SMILES string of the molecule is COc1ccc(Cl)cc1C(=O)N1CCC[C@H](O)C1. The van der Waals surface area contributed by atoms with Crippen molar-refractivity contribution < 1.29 is 14.6 Å². The Morgan fingerprint density at radius 3 is 3.00 bits per heavy atom. The normalized spacial score (nSPS) is 19.7. The summed E-state index contributed by atoms with van der Waals surface area (Å²) >= 11 is 5.91. The van der Waals surface area contributed by atoms with Crippen molar-refractivity contribution in [3.8, 4) is 5.75 Å². The fourth-order valence-electron chi connectivity index (χ4n) is 2.16. The molecule has 18 heavy (non-hydrogen) atoms. The zero-order chi connectivity index (χ0) is 13.1. The first kappa shape index (κ1) is 13.2. The van der Waals surface area contributed by atoms with Gasteiger partial charge in [0.1, 0.15) is 5.75 Å². The van der Waals surface area contributed by atoms with Gasteiger partial charge in [-0.05, 0) is 31.0 Å². The number of carbonyl (C=O) groups is 1. The Morgan fingerprint density at radius 1 is 1.56 bits per heavy atom. The molecular formula is C13H16ClNO3. The second kappa shape index (κ2) is 5.59. The number of hydrogen-bond acceptors (Lipinski definition) is 3. The highest BCUT2D eigenvalue weighted by Crippen LogP contribution is 2.25. The summed E-state index contributed by atoms with van der Waals surface area (Å²) in [6, 6.07) is 4.96. The van der Waals surface area contributed by atoms with Crippen LogP contribution in [0.15, 0.2) is 18.2 Å². The van der Waals surface area contributed by atoms with Gasteiger partial charge in [0.15, 0.2) is 0 Å².